The van der Waals surface area contributed by atoms with Gasteiger partial charge < -0.3 is 24.8 Å². The number of anilines is 2. The van der Waals surface area contributed by atoms with E-state index in [4.69, 9.17) is 14.2 Å². The zero-order valence-electron chi connectivity index (χ0n) is 15.5. The van der Waals surface area contributed by atoms with E-state index in [1.807, 2.05) is 12.1 Å². The van der Waals surface area contributed by atoms with Crippen molar-refractivity contribution in [1.29, 1.82) is 0 Å². The van der Waals surface area contributed by atoms with Gasteiger partial charge in [-0.25, -0.2) is 0 Å². The van der Waals surface area contributed by atoms with Crippen molar-refractivity contribution in [3.05, 3.63) is 42.0 Å². The van der Waals surface area contributed by atoms with Crippen molar-refractivity contribution in [2.75, 3.05) is 24.9 Å². The summed E-state index contributed by atoms with van der Waals surface area (Å²) in [5, 5.41) is 5.60. The monoisotopic (exact) mass is 370 g/mol. The van der Waals surface area contributed by atoms with Gasteiger partial charge in [-0.2, -0.15) is 0 Å². The lowest BCUT2D eigenvalue weighted by Gasteiger charge is -2.23. The van der Waals surface area contributed by atoms with Gasteiger partial charge in [0.05, 0.1) is 19.9 Å². The van der Waals surface area contributed by atoms with Crippen LogP contribution in [0.5, 0.6) is 17.2 Å². The van der Waals surface area contributed by atoms with E-state index < -0.39 is 6.10 Å². The van der Waals surface area contributed by atoms with Crippen molar-refractivity contribution in [3.63, 3.8) is 0 Å². The van der Waals surface area contributed by atoms with Gasteiger partial charge in [0.2, 0.25) is 5.91 Å². The maximum Gasteiger partial charge on any atom is 0.265 e. The van der Waals surface area contributed by atoms with Gasteiger partial charge in [-0.1, -0.05) is 0 Å². The Balaban J connectivity index is 1.62. The summed E-state index contributed by atoms with van der Waals surface area (Å²) in [5.74, 6) is 1.61. The standard InChI is InChI=1S/C20H22N2O5/c1-12-20(24)22-17-10-14(5-6-18(17)27-12)21-19(23)7-4-13-8-15(25-2)11-16(9-13)26-3/h5-6,8-12H,4,7H2,1-3H3,(H,21,23)(H,22,24)/t12-/m1/s1. The second kappa shape index (κ2) is 7.99. The molecule has 3 rings (SSSR count). The number of amides is 2. The number of aryl methyl sites for hydroxylation is 1. The molecular weight excluding hydrogens is 348 g/mol. The van der Waals surface area contributed by atoms with E-state index >= 15 is 0 Å². The van der Waals surface area contributed by atoms with Crippen LogP contribution in [0.2, 0.25) is 0 Å². The molecular formula is C20H22N2O5. The average molecular weight is 370 g/mol. The number of methoxy groups -OCH3 is 2. The van der Waals surface area contributed by atoms with Crippen LogP contribution in [0.25, 0.3) is 0 Å². The van der Waals surface area contributed by atoms with Crippen LogP contribution in [-0.4, -0.2) is 32.1 Å². The SMILES string of the molecule is COc1cc(CCC(=O)Nc2ccc3c(c2)NC(=O)[C@@H](C)O3)cc(OC)c1. The highest BCUT2D eigenvalue weighted by Gasteiger charge is 2.23. The minimum atomic E-state index is -0.530. The first-order valence-corrected chi connectivity index (χ1v) is 8.62. The van der Waals surface area contributed by atoms with Gasteiger partial charge in [-0.15, -0.1) is 0 Å². The van der Waals surface area contributed by atoms with E-state index in [0.717, 1.165) is 5.56 Å². The summed E-state index contributed by atoms with van der Waals surface area (Å²) in [7, 11) is 3.18. The molecule has 7 nitrogen and oxygen atoms in total. The second-order valence-electron chi connectivity index (χ2n) is 6.23. The Labute approximate surface area is 157 Å². The molecule has 0 aliphatic carbocycles. The molecule has 1 aliphatic heterocycles. The first kappa shape index (κ1) is 18.6. The third-order valence-electron chi connectivity index (χ3n) is 4.25. The Morgan fingerprint density at radius 2 is 1.85 bits per heavy atom. The van der Waals surface area contributed by atoms with Crippen molar-refractivity contribution < 1.29 is 23.8 Å². The number of fused-ring (bicyclic) bond motifs is 1. The Morgan fingerprint density at radius 3 is 2.52 bits per heavy atom. The molecule has 0 saturated carbocycles. The summed E-state index contributed by atoms with van der Waals surface area (Å²) in [6, 6.07) is 10.7. The third-order valence-corrected chi connectivity index (χ3v) is 4.25. The van der Waals surface area contributed by atoms with Crippen LogP contribution >= 0.6 is 0 Å². The smallest absolute Gasteiger partial charge is 0.265 e. The zero-order chi connectivity index (χ0) is 19.4. The van der Waals surface area contributed by atoms with Gasteiger partial charge in [-0.05, 0) is 49.2 Å². The largest absolute Gasteiger partial charge is 0.497 e. The summed E-state index contributed by atoms with van der Waals surface area (Å²) in [6.07, 6.45) is 0.312. The Kier molecular flexibility index (Phi) is 5.49. The van der Waals surface area contributed by atoms with Crippen molar-refractivity contribution >= 4 is 23.2 Å². The molecule has 142 valence electrons. The van der Waals surface area contributed by atoms with Crippen molar-refractivity contribution in [2.24, 2.45) is 0 Å². The lowest BCUT2D eigenvalue weighted by atomic mass is 10.1. The molecule has 1 heterocycles. The number of hydrogen-bond donors (Lipinski definition) is 2. The van der Waals surface area contributed by atoms with Crippen LogP contribution in [-0.2, 0) is 16.0 Å². The lowest BCUT2D eigenvalue weighted by molar-refractivity contribution is -0.122. The van der Waals surface area contributed by atoms with Gasteiger partial charge >= 0.3 is 0 Å². The van der Waals surface area contributed by atoms with Gasteiger partial charge in [-0.3, -0.25) is 9.59 Å². The zero-order valence-corrected chi connectivity index (χ0v) is 15.5. The quantitative estimate of drug-likeness (QED) is 0.816. The van der Waals surface area contributed by atoms with Crippen LogP contribution in [0.4, 0.5) is 11.4 Å². The molecule has 0 bridgehead atoms. The molecule has 7 heteroatoms. The molecule has 0 aromatic heterocycles. The Hall–Kier alpha value is -3.22. The fraction of sp³-hybridized carbons (Fsp3) is 0.300. The predicted octanol–water partition coefficient (Wildman–Crippen LogP) is 2.99. The molecule has 2 aromatic rings. The third kappa shape index (κ3) is 4.49. The average Bonchev–Trinajstić information content (AvgIpc) is 2.67. The topological polar surface area (TPSA) is 85.9 Å². The number of carbonyl (C=O) groups excluding carboxylic acids is 2. The predicted molar refractivity (Wildman–Crippen MR) is 102 cm³/mol. The molecule has 0 unspecified atom stereocenters. The Morgan fingerprint density at radius 1 is 1.15 bits per heavy atom. The molecule has 0 spiro atoms. The summed E-state index contributed by atoms with van der Waals surface area (Å²) >= 11 is 0. The van der Waals surface area contributed by atoms with Crippen LogP contribution < -0.4 is 24.8 Å². The molecule has 2 aromatic carbocycles. The van der Waals surface area contributed by atoms with Gasteiger partial charge in [0.25, 0.3) is 5.91 Å². The van der Waals surface area contributed by atoms with Crippen LogP contribution in [0.3, 0.4) is 0 Å². The maximum atomic E-state index is 12.3. The minimum absolute atomic E-state index is 0.131. The second-order valence-corrected chi connectivity index (χ2v) is 6.23. The molecule has 0 fully saturated rings. The Bertz CT molecular complexity index is 843. The summed E-state index contributed by atoms with van der Waals surface area (Å²) in [6.45, 7) is 1.68. The summed E-state index contributed by atoms with van der Waals surface area (Å²) < 4.78 is 16.0. The van der Waals surface area contributed by atoms with Crippen LogP contribution in [0, 0.1) is 0 Å². The van der Waals surface area contributed by atoms with E-state index in [2.05, 4.69) is 10.6 Å². The number of ether oxygens (including phenoxy) is 3. The minimum Gasteiger partial charge on any atom is -0.497 e. The molecule has 0 radical (unpaired) electrons. The fourth-order valence-corrected chi connectivity index (χ4v) is 2.78. The normalized spacial score (nSPS) is 15.2. The van der Waals surface area contributed by atoms with Gasteiger partial charge in [0.15, 0.2) is 6.10 Å². The maximum absolute atomic E-state index is 12.3. The first-order valence-electron chi connectivity index (χ1n) is 8.62. The van der Waals surface area contributed by atoms with Crippen molar-refractivity contribution in [2.45, 2.75) is 25.9 Å². The van der Waals surface area contributed by atoms with Crippen molar-refractivity contribution in [1.82, 2.24) is 0 Å². The molecule has 2 amide bonds. The number of hydrogen-bond acceptors (Lipinski definition) is 5. The van der Waals surface area contributed by atoms with E-state index in [9.17, 15) is 9.59 Å². The van der Waals surface area contributed by atoms with Crippen LogP contribution in [0.1, 0.15) is 18.9 Å². The van der Waals surface area contributed by atoms with E-state index in [0.29, 0.717) is 41.5 Å². The number of carbonyl (C=O) groups is 2. The summed E-state index contributed by atoms with van der Waals surface area (Å²) in [4.78, 5) is 24.0. The highest BCUT2D eigenvalue weighted by molar-refractivity contribution is 5.99. The number of benzene rings is 2. The number of rotatable bonds is 6. The molecule has 27 heavy (non-hydrogen) atoms. The lowest BCUT2D eigenvalue weighted by Crippen LogP contribution is -2.34. The van der Waals surface area contributed by atoms with Gasteiger partial charge in [0.1, 0.15) is 17.2 Å². The molecule has 1 aliphatic rings. The van der Waals surface area contributed by atoms with Crippen molar-refractivity contribution in [3.8, 4) is 17.2 Å². The molecule has 2 N–H and O–H groups in total. The fourth-order valence-electron chi connectivity index (χ4n) is 2.78. The van der Waals surface area contributed by atoms with Gasteiger partial charge in [0, 0.05) is 18.2 Å². The molecule has 1 atom stereocenters. The molecule has 0 saturated heterocycles. The highest BCUT2D eigenvalue weighted by Crippen LogP contribution is 2.32. The first-order chi connectivity index (χ1) is 13.0. The highest BCUT2D eigenvalue weighted by atomic mass is 16.5. The van der Waals surface area contributed by atoms with E-state index in [-0.39, 0.29) is 11.8 Å². The van der Waals surface area contributed by atoms with Crippen LogP contribution in [0.15, 0.2) is 36.4 Å². The summed E-state index contributed by atoms with van der Waals surface area (Å²) in [5.41, 5.74) is 2.09. The number of nitrogens with one attached hydrogen (secondary N) is 2. The van der Waals surface area contributed by atoms with E-state index in [1.165, 1.54) is 0 Å². The van der Waals surface area contributed by atoms with E-state index in [1.54, 1.807) is 45.4 Å².